The monoisotopic (exact) mass is 539 g/mol. The number of rotatable bonds is 5. The number of halogens is 2. The fourth-order valence-electron chi connectivity index (χ4n) is 2.81. The molecule has 0 saturated carbocycles. The number of aromatic nitrogens is 3. The lowest BCUT2D eigenvalue weighted by atomic mass is 10.2. The number of hydrazone groups is 1. The van der Waals surface area contributed by atoms with Gasteiger partial charge in [-0.2, -0.15) is 5.10 Å². The molecular formula is C22H15Br2N5O2. The van der Waals surface area contributed by atoms with E-state index < -0.39 is 5.91 Å². The summed E-state index contributed by atoms with van der Waals surface area (Å²) in [6, 6.07) is 22.3. The van der Waals surface area contributed by atoms with Gasteiger partial charge in [0.2, 0.25) is 5.82 Å². The minimum atomic E-state index is -0.542. The van der Waals surface area contributed by atoms with E-state index in [1.165, 1.54) is 6.21 Å². The summed E-state index contributed by atoms with van der Waals surface area (Å²) in [4.78, 5) is 17.1. The molecule has 0 atom stereocenters. The highest BCUT2D eigenvalue weighted by molar-refractivity contribution is 9.11. The molecule has 0 unspecified atom stereocenters. The van der Waals surface area contributed by atoms with Crippen molar-refractivity contribution in [2.24, 2.45) is 5.10 Å². The second-order valence-electron chi connectivity index (χ2n) is 6.40. The molecule has 7 nitrogen and oxygen atoms in total. The standard InChI is InChI=1S/C22H15Br2N5O2/c23-17-11-14(12-18(24)19(17)30)13-25-27-22(31)20-26-21(15-7-3-1-4-8-15)29(28-20)16-9-5-2-6-10-16/h1-13,30H,(H,27,31). The quantitative estimate of drug-likeness (QED) is 0.277. The molecule has 0 saturated heterocycles. The number of phenols is 1. The fraction of sp³-hybridized carbons (Fsp3) is 0. The second-order valence-corrected chi connectivity index (χ2v) is 8.11. The summed E-state index contributed by atoms with van der Waals surface area (Å²) >= 11 is 6.52. The molecular weight excluding hydrogens is 526 g/mol. The number of nitrogens with one attached hydrogen (secondary N) is 1. The van der Waals surface area contributed by atoms with E-state index in [2.05, 4.69) is 52.5 Å². The van der Waals surface area contributed by atoms with Crippen molar-refractivity contribution in [3.63, 3.8) is 0 Å². The van der Waals surface area contributed by atoms with Crippen molar-refractivity contribution in [1.29, 1.82) is 0 Å². The van der Waals surface area contributed by atoms with E-state index in [1.807, 2.05) is 60.7 Å². The summed E-state index contributed by atoms with van der Waals surface area (Å²) in [7, 11) is 0. The Labute approximate surface area is 194 Å². The minimum Gasteiger partial charge on any atom is -0.506 e. The van der Waals surface area contributed by atoms with E-state index in [4.69, 9.17) is 0 Å². The van der Waals surface area contributed by atoms with E-state index in [1.54, 1.807) is 16.8 Å². The van der Waals surface area contributed by atoms with Crippen LogP contribution in [-0.4, -0.2) is 32.0 Å². The molecule has 0 radical (unpaired) electrons. The molecule has 0 bridgehead atoms. The van der Waals surface area contributed by atoms with E-state index in [0.717, 1.165) is 11.3 Å². The van der Waals surface area contributed by atoms with Gasteiger partial charge in [-0.3, -0.25) is 4.79 Å². The van der Waals surface area contributed by atoms with Crippen LogP contribution in [0.25, 0.3) is 17.1 Å². The Balaban J connectivity index is 1.61. The topological polar surface area (TPSA) is 92.4 Å². The predicted octanol–water partition coefficient (Wildman–Crippen LogP) is 4.93. The lowest BCUT2D eigenvalue weighted by Crippen LogP contribution is -2.19. The zero-order valence-electron chi connectivity index (χ0n) is 15.9. The molecule has 0 fully saturated rings. The van der Waals surface area contributed by atoms with E-state index in [-0.39, 0.29) is 11.6 Å². The minimum absolute atomic E-state index is 0.00655. The third-order valence-electron chi connectivity index (χ3n) is 4.26. The molecule has 1 amide bonds. The zero-order chi connectivity index (χ0) is 21.8. The van der Waals surface area contributed by atoms with Crippen LogP contribution in [-0.2, 0) is 0 Å². The van der Waals surface area contributed by atoms with Crippen LogP contribution in [0.4, 0.5) is 0 Å². The highest BCUT2D eigenvalue weighted by atomic mass is 79.9. The van der Waals surface area contributed by atoms with Crippen LogP contribution in [0, 0.1) is 0 Å². The first-order chi connectivity index (χ1) is 15.0. The largest absolute Gasteiger partial charge is 0.506 e. The van der Waals surface area contributed by atoms with Crippen molar-refractivity contribution >= 4 is 44.0 Å². The predicted molar refractivity (Wildman–Crippen MR) is 125 cm³/mol. The van der Waals surface area contributed by atoms with E-state index in [0.29, 0.717) is 20.3 Å². The van der Waals surface area contributed by atoms with Gasteiger partial charge in [0.05, 0.1) is 20.8 Å². The van der Waals surface area contributed by atoms with Gasteiger partial charge in [0.15, 0.2) is 5.82 Å². The summed E-state index contributed by atoms with van der Waals surface area (Å²) in [5, 5.41) is 18.2. The van der Waals surface area contributed by atoms with Gasteiger partial charge >= 0.3 is 5.91 Å². The maximum atomic E-state index is 12.6. The molecule has 9 heteroatoms. The molecule has 4 rings (SSSR count). The van der Waals surface area contributed by atoms with Gasteiger partial charge in [0, 0.05) is 5.56 Å². The van der Waals surface area contributed by atoms with Crippen LogP contribution < -0.4 is 5.43 Å². The van der Waals surface area contributed by atoms with Crippen molar-refractivity contribution in [1.82, 2.24) is 20.2 Å². The van der Waals surface area contributed by atoms with E-state index >= 15 is 0 Å². The van der Waals surface area contributed by atoms with Gasteiger partial charge in [-0.15, -0.1) is 5.10 Å². The maximum Gasteiger partial charge on any atom is 0.311 e. The molecule has 3 aromatic carbocycles. The number of aromatic hydroxyl groups is 1. The molecule has 4 aromatic rings. The van der Waals surface area contributed by atoms with Gasteiger partial charge in [-0.05, 0) is 61.7 Å². The number of benzene rings is 3. The number of nitrogens with zero attached hydrogens (tertiary/aromatic N) is 4. The summed E-state index contributed by atoms with van der Waals surface area (Å²) in [5.41, 5.74) is 4.74. The van der Waals surface area contributed by atoms with Gasteiger partial charge in [-0.1, -0.05) is 48.5 Å². The average molecular weight is 541 g/mol. The van der Waals surface area contributed by atoms with Crippen molar-refractivity contribution in [2.45, 2.75) is 0 Å². The summed E-state index contributed by atoms with van der Waals surface area (Å²) in [6.45, 7) is 0. The third kappa shape index (κ3) is 4.73. The third-order valence-corrected chi connectivity index (χ3v) is 5.47. The van der Waals surface area contributed by atoms with Crippen LogP contribution in [0.5, 0.6) is 5.75 Å². The Morgan fingerprint density at radius 1 is 1.00 bits per heavy atom. The van der Waals surface area contributed by atoms with Crippen molar-refractivity contribution in [3.8, 4) is 22.8 Å². The van der Waals surface area contributed by atoms with Gasteiger partial charge in [-0.25, -0.2) is 15.1 Å². The highest BCUT2D eigenvalue weighted by Crippen LogP contribution is 2.32. The lowest BCUT2D eigenvalue weighted by Gasteiger charge is -2.05. The molecule has 0 aliphatic heterocycles. The van der Waals surface area contributed by atoms with Crippen LogP contribution in [0.2, 0.25) is 0 Å². The van der Waals surface area contributed by atoms with Crippen molar-refractivity contribution < 1.29 is 9.90 Å². The molecule has 1 aromatic heterocycles. The SMILES string of the molecule is O=C(NN=Cc1cc(Br)c(O)c(Br)c1)c1nc(-c2ccccc2)n(-c2ccccc2)n1. The Kier molecular flexibility index (Phi) is 6.24. The number of phenolic OH excluding ortho intramolecular Hbond substituents is 1. The first-order valence-corrected chi connectivity index (χ1v) is 10.7. The highest BCUT2D eigenvalue weighted by Gasteiger charge is 2.18. The van der Waals surface area contributed by atoms with Crippen LogP contribution >= 0.6 is 31.9 Å². The van der Waals surface area contributed by atoms with Gasteiger partial charge in [0.1, 0.15) is 5.75 Å². The number of carbonyl (C=O) groups excluding carboxylic acids is 1. The average Bonchev–Trinajstić information content (AvgIpc) is 3.24. The zero-order valence-corrected chi connectivity index (χ0v) is 19.1. The normalized spacial score (nSPS) is 11.0. The number of amides is 1. The molecule has 0 aliphatic carbocycles. The van der Waals surface area contributed by atoms with Crippen LogP contribution in [0.3, 0.4) is 0 Å². The number of hydrogen-bond acceptors (Lipinski definition) is 5. The Hall–Kier alpha value is -3.30. The first-order valence-electron chi connectivity index (χ1n) is 9.12. The first kappa shape index (κ1) is 21.0. The molecule has 0 spiro atoms. The molecule has 31 heavy (non-hydrogen) atoms. The van der Waals surface area contributed by atoms with Crippen LogP contribution in [0.1, 0.15) is 16.2 Å². The smallest absolute Gasteiger partial charge is 0.311 e. The Morgan fingerprint density at radius 3 is 2.26 bits per heavy atom. The Morgan fingerprint density at radius 2 is 1.61 bits per heavy atom. The summed E-state index contributed by atoms with van der Waals surface area (Å²) in [6.07, 6.45) is 1.46. The van der Waals surface area contributed by atoms with Crippen molar-refractivity contribution in [2.75, 3.05) is 0 Å². The number of para-hydroxylation sites is 1. The van der Waals surface area contributed by atoms with Crippen molar-refractivity contribution in [3.05, 3.63) is 93.1 Å². The van der Waals surface area contributed by atoms with Gasteiger partial charge in [0.25, 0.3) is 0 Å². The van der Waals surface area contributed by atoms with Gasteiger partial charge < -0.3 is 5.11 Å². The molecule has 154 valence electrons. The lowest BCUT2D eigenvalue weighted by molar-refractivity contribution is 0.0945. The molecule has 2 N–H and O–H groups in total. The number of hydrogen-bond donors (Lipinski definition) is 2. The maximum absolute atomic E-state index is 12.6. The second kappa shape index (κ2) is 9.23. The van der Waals surface area contributed by atoms with Crippen LogP contribution in [0.15, 0.2) is 86.8 Å². The molecule has 0 aliphatic rings. The Bertz CT molecular complexity index is 1180. The molecule has 1 heterocycles. The fourth-order valence-corrected chi connectivity index (χ4v) is 4.03. The van der Waals surface area contributed by atoms with E-state index in [9.17, 15) is 9.90 Å². The number of carbonyl (C=O) groups is 1. The summed E-state index contributed by atoms with van der Waals surface area (Å²) in [5.74, 6) is 0.0885. The summed E-state index contributed by atoms with van der Waals surface area (Å²) < 4.78 is 2.64.